The average molecular weight is 342 g/mol. The molecule has 0 unspecified atom stereocenters. The summed E-state index contributed by atoms with van der Waals surface area (Å²) in [4.78, 5) is 23.7. The number of carboxylic acid groups (broad SMARTS) is 1. The zero-order chi connectivity index (χ0) is 15.7. The van der Waals surface area contributed by atoms with Crippen molar-refractivity contribution in [2.24, 2.45) is 5.41 Å². The molecule has 1 rings (SSSR count). The van der Waals surface area contributed by atoms with Crippen LogP contribution in [-0.4, -0.2) is 22.5 Å². The lowest BCUT2D eigenvalue weighted by molar-refractivity contribution is -0.150. The molecule has 0 aliphatic heterocycles. The molecule has 0 saturated heterocycles. The van der Waals surface area contributed by atoms with Gasteiger partial charge in [-0.3, -0.25) is 9.59 Å². The Labute approximate surface area is 127 Å². The third-order valence-corrected chi connectivity index (χ3v) is 4.45. The molecule has 0 saturated carbocycles. The van der Waals surface area contributed by atoms with Gasteiger partial charge in [0.25, 0.3) is 5.91 Å². The first-order chi connectivity index (χ1) is 8.99. The maximum Gasteiger partial charge on any atom is 0.311 e. The number of aryl methyl sites for hydroxylation is 1. The molecular weight excluding hydrogens is 322 g/mol. The van der Waals surface area contributed by atoms with Crippen molar-refractivity contribution in [2.75, 3.05) is 0 Å². The Morgan fingerprint density at radius 3 is 2.20 bits per heavy atom. The van der Waals surface area contributed by atoms with Crippen molar-refractivity contribution >= 4 is 27.8 Å². The highest BCUT2D eigenvalue weighted by Crippen LogP contribution is 2.31. The standard InChI is InChI=1S/C15H20BrNO3/c1-9-8-10(16)6-7-11(9)12(18)17-15(4,5)14(2,3)13(19)20/h6-8H,1-5H3,(H,17,18)(H,19,20). The fourth-order valence-electron chi connectivity index (χ4n) is 1.66. The van der Waals surface area contributed by atoms with Crippen molar-refractivity contribution in [3.63, 3.8) is 0 Å². The number of rotatable bonds is 4. The van der Waals surface area contributed by atoms with Gasteiger partial charge in [-0.15, -0.1) is 0 Å². The summed E-state index contributed by atoms with van der Waals surface area (Å²) >= 11 is 3.35. The van der Waals surface area contributed by atoms with Crippen LogP contribution in [0, 0.1) is 12.3 Å². The second-order valence-corrected chi connectivity index (χ2v) is 6.88. The summed E-state index contributed by atoms with van der Waals surface area (Å²) in [6.07, 6.45) is 0. The van der Waals surface area contributed by atoms with E-state index < -0.39 is 16.9 Å². The number of carbonyl (C=O) groups is 2. The van der Waals surface area contributed by atoms with Crippen LogP contribution in [0.3, 0.4) is 0 Å². The molecule has 1 aromatic carbocycles. The van der Waals surface area contributed by atoms with Crippen LogP contribution >= 0.6 is 15.9 Å². The van der Waals surface area contributed by atoms with Gasteiger partial charge < -0.3 is 10.4 Å². The van der Waals surface area contributed by atoms with E-state index in [4.69, 9.17) is 0 Å². The Kier molecular flexibility index (Phi) is 4.64. The molecule has 0 spiro atoms. The van der Waals surface area contributed by atoms with Crippen LogP contribution in [0.1, 0.15) is 43.6 Å². The van der Waals surface area contributed by atoms with E-state index in [-0.39, 0.29) is 5.91 Å². The number of hydrogen-bond donors (Lipinski definition) is 2. The highest BCUT2D eigenvalue weighted by Gasteiger charge is 2.44. The zero-order valence-electron chi connectivity index (χ0n) is 12.4. The number of carbonyl (C=O) groups excluding carboxylic acids is 1. The summed E-state index contributed by atoms with van der Waals surface area (Å²) in [6.45, 7) is 8.48. The van der Waals surface area contributed by atoms with Crippen molar-refractivity contribution < 1.29 is 14.7 Å². The van der Waals surface area contributed by atoms with Crippen molar-refractivity contribution in [3.05, 3.63) is 33.8 Å². The first-order valence-corrected chi connectivity index (χ1v) is 7.10. The predicted molar refractivity (Wildman–Crippen MR) is 81.8 cm³/mol. The monoisotopic (exact) mass is 341 g/mol. The summed E-state index contributed by atoms with van der Waals surface area (Å²) in [5.41, 5.74) is -0.579. The molecule has 4 nitrogen and oxygen atoms in total. The van der Waals surface area contributed by atoms with Gasteiger partial charge in [0.05, 0.1) is 11.0 Å². The smallest absolute Gasteiger partial charge is 0.311 e. The molecule has 0 bridgehead atoms. The normalized spacial score (nSPS) is 12.1. The topological polar surface area (TPSA) is 66.4 Å². The largest absolute Gasteiger partial charge is 0.481 e. The van der Waals surface area contributed by atoms with Gasteiger partial charge >= 0.3 is 5.97 Å². The van der Waals surface area contributed by atoms with Crippen molar-refractivity contribution in [3.8, 4) is 0 Å². The molecule has 1 aromatic rings. The number of benzene rings is 1. The highest BCUT2D eigenvalue weighted by molar-refractivity contribution is 9.10. The van der Waals surface area contributed by atoms with E-state index in [1.807, 2.05) is 13.0 Å². The number of aliphatic carboxylic acids is 1. The van der Waals surface area contributed by atoms with E-state index in [1.54, 1.807) is 39.8 Å². The molecule has 2 N–H and O–H groups in total. The van der Waals surface area contributed by atoms with Crippen LogP contribution in [0.5, 0.6) is 0 Å². The molecular formula is C15H20BrNO3. The number of carboxylic acids is 1. The molecule has 0 atom stereocenters. The molecule has 0 fully saturated rings. The lowest BCUT2D eigenvalue weighted by Gasteiger charge is -2.38. The lowest BCUT2D eigenvalue weighted by Crippen LogP contribution is -2.57. The third kappa shape index (κ3) is 3.20. The summed E-state index contributed by atoms with van der Waals surface area (Å²) in [5, 5.41) is 12.1. The molecule has 20 heavy (non-hydrogen) atoms. The Balaban J connectivity index is 3.03. The maximum absolute atomic E-state index is 12.3. The molecule has 0 aliphatic carbocycles. The van der Waals surface area contributed by atoms with E-state index >= 15 is 0 Å². The number of nitrogens with one attached hydrogen (secondary N) is 1. The first kappa shape index (κ1) is 16.7. The summed E-state index contributed by atoms with van der Waals surface area (Å²) < 4.78 is 0.900. The number of amides is 1. The Hall–Kier alpha value is -1.36. The van der Waals surface area contributed by atoms with Gasteiger partial charge in [0.1, 0.15) is 0 Å². The zero-order valence-corrected chi connectivity index (χ0v) is 14.0. The van der Waals surface area contributed by atoms with Crippen LogP contribution in [-0.2, 0) is 4.79 Å². The van der Waals surface area contributed by atoms with E-state index in [0.717, 1.165) is 10.0 Å². The fraction of sp³-hybridized carbons (Fsp3) is 0.467. The van der Waals surface area contributed by atoms with E-state index in [2.05, 4.69) is 21.2 Å². The molecule has 0 aromatic heterocycles. The van der Waals surface area contributed by atoms with Gasteiger partial charge in [0.2, 0.25) is 0 Å². The van der Waals surface area contributed by atoms with E-state index in [1.165, 1.54) is 0 Å². The van der Waals surface area contributed by atoms with Crippen LogP contribution in [0.15, 0.2) is 22.7 Å². The van der Waals surface area contributed by atoms with Crippen molar-refractivity contribution in [1.82, 2.24) is 5.32 Å². The fourth-order valence-corrected chi connectivity index (χ4v) is 2.13. The minimum Gasteiger partial charge on any atom is -0.481 e. The predicted octanol–water partition coefficient (Wildman–Crippen LogP) is 3.38. The second kappa shape index (κ2) is 5.56. The molecule has 5 heteroatoms. The molecule has 0 radical (unpaired) electrons. The van der Waals surface area contributed by atoms with Crippen molar-refractivity contribution in [2.45, 2.75) is 40.2 Å². The Morgan fingerprint density at radius 2 is 1.75 bits per heavy atom. The van der Waals surface area contributed by atoms with Crippen molar-refractivity contribution in [1.29, 1.82) is 0 Å². The SMILES string of the molecule is Cc1cc(Br)ccc1C(=O)NC(C)(C)C(C)(C)C(=O)O. The van der Waals surface area contributed by atoms with Crippen LogP contribution in [0.2, 0.25) is 0 Å². The van der Waals surface area contributed by atoms with E-state index in [9.17, 15) is 14.7 Å². The highest BCUT2D eigenvalue weighted by atomic mass is 79.9. The minimum atomic E-state index is -1.08. The van der Waals surface area contributed by atoms with Gasteiger partial charge in [-0.1, -0.05) is 15.9 Å². The first-order valence-electron chi connectivity index (χ1n) is 6.31. The number of halogens is 1. The van der Waals surface area contributed by atoms with Gasteiger partial charge in [-0.25, -0.2) is 0 Å². The number of hydrogen-bond acceptors (Lipinski definition) is 2. The van der Waals surface area contributed by atoms with Crippen LogP contribution in [0.25, 0.3) is 0 Å². The van der Waals surface area contributed by atoms with Crippen LogP contribution in [0.4, 0.5) is 0 Å². The summed E-state index contributed by atoms with van der Waals surface area (Å²) in [6, 6.07) is 5.36. The quantitative estimate of drug-likeness (QED) is 0.882. The second-order valence-electron chi connectivity index (χ2n) is 5.97. The summed E-state index contributed by atoms with van der Waals surface area (Å²) in [5.74, 6) is -1.22. The summed E-state index contributed by atoms with van der Waals surface area (Å²) in [7, 11) is 0. The molecule has 0 heterocycles. The van der Waals surface area contributed by atoms with Gasteiger partial charge in [-0.05, 0) is 58.4 Å². The van der Waals surface area contributed by atoms with Gasteiger partial charge in [0, 0.05) is 10.0 Å². The molecule has 0 aliphatic rings. The van der Waals surface area contributed by atoms with E-state index in [0.29, 0.717) is 5.56 Å². The van der Waals surface area contributed by atoms with Gasteiger partial charge in [-0.2, -0.15) is 0 Å². The third-order valence-electron chi connectivity index (χ3n) is 3.96. The maximum atomic E-state index is 12.3. The lowest BCUT2D eigenvalue weighted by atomic mass is 9.74. The molecule has 110 valence electrons. The van der Waals surface area contributed by atoms with Gasteiger partial charge in [0.15, 0.2) is 0 Å². The minimum absolute atomic E-state index is 0.269. The molecule has 1 amide bonds. The van der Waals surface area contributed by atoms with Crippen LogP contribution < -0.4 is 5.32 Å². The Bertz CT molecular complexity index is 550. The average Bonchev–Trinajstić information content (AvgIpc) is 2.27. The Morgan fingerprint density at radius 1 is 1.20 bits per heavy atom.